The quantitative estimate of drug-likeness (QED) is 0.726. The number of carbonyl (C=O) groups excluding carboxylic acids is 1. The lowest BCUT2D eigenvalue weighted by atomic mass is 10.1. The highest BCUT2D eigenvalue weighted by atomic mass is 16.2. The molecule has 0 saturated heterocycles. The summed E-state index contributed by atoms with van der Waals surface area (Å²) in [6, 6.07) is 7.47. The molecule has 1 unspecified atom stereocenters. The Kier molecular flexibility index (Phi) is 3.20. The molecule has 0 saturated carbocycles. The molecule has 2 aromatic heterocycles. The lowest BCUT2D eigenvalue weighted by molar-refractivity contribution is 0.0939. The van der Waals surface area contributed by atoms with Gasteiger partial charge in [0.05, 0.1) is 5.71 Å². The molecule has 0 radical (unpaired) electrons. The Morgan fingerprint density at radius 1 is 1.40 bits per heavy atom. The zero-order chi connectivity index (χ0) is 13.9. The van der Waals surface area contributed by atoms with Crippen LogP contribution in [0.4, 0.5) is 5.82 Å². The van der Waals surface area contributed by atoms with E-state index in [9.17, 15) is 4.79 Å². The average molecular weight is 269 g/mol. The van der Waals surface area contributed by atoms with E-state index in [-0.39, 0.29) is 11.9 Å². The fraction of sp³-hybridized carbons (Fsp3) is 0.214. The normalized spacial score (nSPS) is 20.1. The number of nitrogens with one attached hydrogen (secondary N) is 3. The molecule has 1 aliphatic rings. The van der Waals surface area contributed by atoms with Crippen molar-refractivity contribution in [2.24, 2.45) is 5.10 Å². The zero-order valence-electron chi connectivity index (χ0n) is 11.1. The average Bonchev–Trinajstić information content (AvgIpc) is 2.90. The van der Waals surface area contributed by atoms with E-state index in [1.807, 2.05) is 31.2 Å². The number of H-pyrrole nitrogens is 1. The molecule has 3 heterocycles. The van der Waals surface area contributed by atoms with Crippen LogP contribution in [0.25, 0.3) is 0 Å². The number of rotatable bonds is 2. The Labute approximate surface area is 116 Å². The minimum absolute atomic E-state index is 0.0348. The molecule has 6 heteroatoms. The van der Waals surface area contributed by atoms with Gasteiger partial charge in [-0.15, -0.1) is 0 Å². The molecule has 102 valence electrons. The Balaban J connectivity index is 1.92. The topological polar surface area (TPSA) is 82.2 Å². The van der Waals surface area contributed by atoms with Gasteiger partial charge in [-0.25, -0.2) is 4.98 Å². The van der Waals surface area contributed by atoms with Crippen LogP contribution in [0.3, 0.4) is 0 Å². The van der Waals surface area contributed by atoms with E-state index >= 15 is 0 Å². The second kappa shape index (κ2) is 5.16. The summed E-state index contributed by atoms with van der Waals surface area (Å²) in [5, 5.41) is 7.32. The number of carbonyl (C=O) groups is 1. The molecule has 6 nitrogen and oxygen atoms in total. The van der Waals surface area contributed by atoms with Gasteiger partial charge in [-0.2, -0.15) is 5.10 Å². The van der Waals surface area contributed by atoms with Crippen LogP contribution in [0.15, 0.2) is 41.8 Å². The van der Waals surface area contributed by atoms with Crippen molar-refractivity contribution in [3.05, 3.63) is 47.9 Å². The van der Waals surface area contributed by atoms with E-state index in [2.05, 4.69) is 25.8 Å². The summed E-state index contributed by atoms with van der Waals surface area (Å²) in [5.74, 6) is 0.578. The van der Waals surface area contributed by atoms with Crippen molar-refractivity contribution in [1.29, 1.82) is 0 Å². The highest BCUT2D eigenvalue weighted by molar-refractivity contribution is 6.11. The number of hydrazone groups is 1. The number of fused-ring (bicyclic) bond motifs is 1. The summed E-state index contributed by atoms with van der Waals surface area (Å²) in [6.07, 6.45) is 4.11. The van der Waals surface area contributed by atoms with Crippen LogP contribution in [0, 0.1) is 0 Å². The van der Waals surface area contributed by atoms with Gasteiger partial charge in [0.15, 0.2) is 0 Å². The number of nitrogens with zero attached hydrogens (tertiary/aromatic N) is 2. The third kappa shape index (κ3) is 2.40. The van der Waals surface area contributed by atoms with Gasteiger partial charge in [0.25, 0.3) is 5.91 Å². The lowest BCUT2D eigenvalue weighted by Gasteiger charge is -2.09. The highest BCUT2D eigenvalue weighted by Gasteiger charge is 2.24. The SMILES string of the molecule is CC1C/C(=N\Nc2ccccn2)c2cc[nH]c2C(=O)N1. The van der Waals surface area contributed by atoms with Crippen LogP contribution in [0.1, 0.15) is 29.4 Å². The molecular weight excluding hydrogens is 254 g/mol. The number of pyridine rings is 1. The molecule has 0 spiro atoms. The standard InChI is InChI=1S/C14H15N5O/c1-9-8-11(18-19-12-4-2-3-6-15-12)10-5-7-16-13(10)14(20)17-9/h2-7,9,16H,8H2,1H3,(H,15,19)(H,17,20)/b18-11+. The van der Waals surface area contributed by atoms with Crippen molar-refractivity contribution in [3.63, 3.8) is 0 Å². The zero-order valence-corrected chi connectivity index (χ0v) is 11.1. The van der Waals surface area contributed by atoms with Crippen LogP contribution in [-0.4, -0.2) is 27.6 Å². The van der Waals surface area contributed by atoms with Gasteiger partial charge in [0.1, 0.15) is 11.5 Å². The molecule has 1 aliphatic heterocycles. The van der Waals surface area contributed by atoms with Gasteiger partial charge in [0, 0.05) is 30.4 Å². The van der Waals surface area contributed by atoms with Gasteiger partial charge in [-0.3, -0.25) is 10.2 Å². The van der Waals surface area contributed by atoms with Gasteiger partial charge in [-0.1, -0.05) is 6.07 Å². The Hall–Kier alpha value is -2.63. The smallest absolute Gasteiger partial charge is 0.268 e. The second-order valence-corrected chi connectivity index (χ2v) is 4.73. The second-order valence-electron chi connectivity index (χ2n) is 4.73. The first kappa shape index (κ1) is 12.4. The predicted molar refractivity (Wildman–Crippen MR) is 76.7 cm³/mol. The van der Waals surface area contributed by atoms with Crippen molar-refractivity contribution < 1.29 is 4.79 Å². The van der Waals surface area contributed by atoms with Crippen molar-refractivity contribution in [1.82, 2.24) is 15.3 Å². The molecule has 0 aromatic carbocycles. The summed E-state index contributed by atoms with van der Waals surface area (Å²) in [4.78, 5) is 19.1. The van der Waals surface area contributed by atoms with Gasteiger partial charge >= 0.3 is 0 Å². The number of hydrogen-bond donors (Lipinski definition) is 3. The first-order valence-corrected chi connectivity index (χ1v) is 6.46. The Morgan fingerprint density at radius 2 is 2.30 bits per heavy atom. The van der Waals surface area contributed by atoms with Crippen LogP contribution in [0.2, 0.25) is 0 Å². The van der Waals surface area contributed by atoms with Gasteiger partial charge in [-0.05, 0) is 25.1 Å². The Morgan fingerprint density at radius 3 is 3.10 bits per heavy atom. The molecule has 0 bridgehead atoms. The third-order valence-corrected chi connectivity index (χ3v) is 3.13. The van der Waals surface area contributed by atoms with E-state index in [1.165, 1.54) is 0 Å². The maximum atomic E-state index is 12.0. The minimum atomic E-state index is -0.0967. The maximum Gasteiger partial charge on any atom is 0.268 e. The molecule has 1 amide bonds. The largest absolute Gasteiger partial charge is 0.357 e. The number of amides is 1. The van der Waals surface area contributed by atoms with Crippen LogP contribution >= 0.6 is 0 Å². The van der Waals surface area contributed by atoms with Crippen molar-refractivity contribution in [3.8, 4) is 0 Å². The van der Waals surface area contributed by atoms with E-state index in [0.29, 0.717) is 17.9 Å². The number of anilines is 1. The minimum Gasteiger partial charge on any atom is -0.357 e. The molecule has 0 fully saturated rings. The van der Waals surface area contributed by atoms with Crippen molar-refractivity contribution in [2.75, 3.05) is 5.43 Å². The summed E-state index contributed by atoms with van der Waals surface area (Å²) >= 11 is 0. The fourth-order valence-electron chi connectivity index (χ4n) is 2.20. The summed E-state index contributed by atoms with van der Waals surface area (Å²) in [6.45, 7) is 1.96. The molecule has 1 atom stereocenters. The van der Waals surface area contributed by atoms with E-state index in [4.69, 9.17) is 0 Å². The van der Waals surface area contributed by atoms with Gasteiger partial charge < -0.3 is 10.3 Å². The van der Waals surface area contributed by atoms with Crippen LogP contribution in [0.5, 0.6) is 0 Å². The number of hydrogen-bond acceptors (Lipinski definition) is 4. The number of aromatic amines is 1. The van der Waals surface area contributed by atoms with Crippen molar-refractivity contribution in [2.45, 2.75) is 19.4 Å². The molecule has 2 aromatic rings. The molecular formula is C14H15N5O. The predicted octanol–water partition coefficient (Wildman–Crippen LogP) is 1.75. The Bertz CT molecular complexity index is 647. The molecule has 20 heavy (non-hydrogen) atoms. The highest BCUT2D eigenvalue weighted by Crippen LogP contribution is 2.16. The molecule has 3 N–H and O–H groups in total. The monoisotopic (exact) mass is 269 g/mol. The van der Waals surface area contributed by atoms with Gasteiger partial charge in [0.2, 0.25) is 0 Å². The van der Waals surface area contributed by atoms with Crippen molar-refractivity contribution >= 4 is 17.4 Å². The molecule has 3 rings (SSSR count). The molecule has 0 aliphatic carbocycles. The number of aromatic nitrogens is 2. The van der Waals surface area contributed by atoms with Crippen LogP contribution < -0.4 is 10.7 Å². The van der Waals surface area contributed by atoms with Crippen LogP contribution in [-0.2, 0) is 0 Å². The van der Waals surface area contributed by atoms with E-state index in [1.54, 1.807) is 12.4 Å². The van der Waals surface area contributed by atoms with E-state index in [0.717, 1.165) is 11.3 Å². The summed E-state index contributed by atoms with van der Waals surface area (Å²) in [7, 11) is 0. The lowest BCUT2D eigenvalue weighted by Crippen LogP contribution is -2.31. The first-order valence-electron chi connectivity index (χ1n) is 6.46. The third-order valence-electron chi connectivity index (χ3n) is 3.13. The fourth-order valence-corrected chi connectivity index (χ4v) is 2.20. The maximum absolute atomic E-state index is 12.0. The summed E-state index contributed by atoms with van der Waals surface area (Å²) in [5.41, 5.74) is 5.14. The summed E-state index contributed by atoms with van der Waals surface area (Å²) < 4.78 is 0. The van der Waals surface area contributed by atoms with E-state index < -0.39 is 0 Å². The first-order chi connectivity index (χ1) is 9.74.